The molecule has 1 saturated heterocycles. The van der Waals surface area contributed by atoms with Crippen LogP contribution < -0.4 is 4.90 Å². The van der Waals surface area contributed by atoms with Gasteiger partial charge < -0.3 is 4.90 Å². The predicted octanol–water partition coefficient (Wildman–Crippen LogP) is 3.73. The molecular weight excluding hydrogens is 396 g/mol. The van der Waals surface area contributed by atoms with Gasteiger partial charge in [-0.2, -0.15) is 4.31 Å². The summed E-state index contributed by atoms with van der Waals surface area (Å²) in [6, 6.07) is 14.0. The van der Waals surface area contributed by atoms with Crippen LogP contribution in [0.15, 0.2) is 47.4 Å². The van der Waals surface area contributed by atoms with E-state index < -0.39 is 10.0 Å². The number of benzene rings is 2. The summed E-state index contributed by atoms with van der Waals surface area (Å²) >= 11 is 0. The van der Waals surface area contributed by atoms with Crippen LogP contribution in [-0.2, 0) is 27.7 Å². The van der Waals surface area contributed by atoms with E-state index in [1.54, 1.807) is 10.4 Å². The largest absolute Gasteiger partial charge is 0.311 e. The van der Waals surface area contributed by atoms with E-state index in [0.29, 0.717) is 23.9 Å². The van der Waals surface area contributed by atoms with Crippen molar-refractivity contribution in [3.63, 3.8) is 0 Å². The number of carbonyl (C=O) groups excluding carboxylic acids is 1. The molecule has 1 amide bonds. The van der Waals surface area contributed by atoms with Gasteiger partial charge in [0.15, 0.2) is 0 Å². The van der Waals surface area contributed by atoms with Crippen molar-refractivity contribution in [1.82, 2.24) is 4.31 Å². The lowest BCUT2D eigenvalue weighted by Gasteiger charge is -2.32. The number of anilines is 1. The third kappa shape index (κ3) is 3.26. The number of rotatable bonds is 4. The van der Waals surface area contributed by atoms with Crippen LogP contribution in [0, 0.1) is 5.92 Å². The van der Waals surface area contributed by atoms with Gasteiger partial charge in [-0.3, -0.25) is 4.79 Å². The minimum atomic E-state index is -3.54. The Bertz CT molecular complexity index is 1070. The minimum absolute atomic E-state index is 0.0993. The Morgan fingerprint density at radius 3 is 2.50 bits per heavy atom. The van der Waals surface area contributed by atoms with Gasteiger partial charge in [0.05, 0.1) is 16.5 Å². The number of amides is 1. The zero-order valence-electron chi connectivity index (χ0n) is 17.4. The molecule has 0 spiro atoms. The molecule has 30 heavy (non-hydrogen) atoms. The summed E-state index contributed by atoms with van der Waals surface area (Å²) < 4.78 is 28.5. The van der Waals surface area contributed by atoms with Crippen molar-refractivity contribution in [2.24, 2.45) is 5.92 Å². The monoisotopic (exact) mass is 424 g/mol. The summed E-state index contributed by atoms with van der Waals surface area (Å²) in [7, 11) is -3.54. The second kappa shape index (κ2) is 7.50. The molecule has 2 aromatic carbocycles. The molecule has 6 heteroatoms. The molecule has 3 aliphatic heterocycles. The van der Waals surface area contributed by atoms with Gasteiger partial charge in [0.2, 0.25) is 15.9 Å². The van der Waals surface area contributed by atoms with Crippen molar-refractivity contribution >= 4 is 21.6 Å². The van der Waals surface area contributed by atoms with Gasteiger partial charge in [-0.25, -0.2) is 8.42 Å². The molecule has 0 aliphatic carbocycles. The standard InChI is InChI=1S/C24H28N2O3S/c1-17-22-16-21(15-20-8-5-11-26(23(20)22)24(17)27)30(28,29)25-12-9-19(10-13-25)14-18-6-3-2-4-7-18/h2-4,6-7,15-17,19H,5,8-14H2,1H3/t17-/m0/s1. The first kappa shape index (κ1) is 19.8. The summed E-state index contributed by atoms with van der Waals surface area (Å²) in [5.41, 5.74) is 4.18. The molecular formula is C24H28N2O3S. The molecule has 0 radical (unpaired) electrons. The van der Waals surface area contributed by atoms with Crippen LogP contribution >= 0.6 is 0 Å². The zero-order valence-corrected chi connectivity index (χ0v) is 18.2. The Morgan fingerprint density at radius 2 is 1.77 bits per heavy atom. The van der Waals surface area contributed by atoms with Crippen molar-refractivity contribution in [2.75, 3.05) is 24.5 Å². The molecule has 3 aliphatic rings. The van der Waals surface area contributed by atoms with Crippen LogP contribution in [0.3, 0.4) is 0 Å². The fraction of sp³-hybridized carbons (Fsp3) is 0.458. The molecule has 5 rings (SSSR count). The Balaban J connectivity index is 1.36. The molecule has 3 heterocycles. The SMILES string of the molecule is C[C@@H]1C(=O)N2CCCc3cc(S(=O)(=O)N4CCC(Cc5ccccc5)CC4)cc1c32. The summed E-state index contributed by atoms with van der Waals surface area (Å²) in [6.07, 6.45) is 4.50. The third-order valence-corrected chi connectivity index (χ3v) is 8.85. The number of sulfonamides is 1. The number of carbonyl (C=O) groups is 1. The highest BCUT2D eigenvalue weighted by molar-refractivity contribution is 7.89. The summed E-state index contributed by atoms with van der Waals surface area (Å²) in [6.45, 7) is 3.76. The smallest absolute Gasteiger partial charge is 0.243 e. The van der Waals surface area contributed by atoms with Crippen molar-refractivity contribution in [1.29, 1.82) is 0 Å². The lowest BCUT2D eigenvalue weighted by molar-refractivity contribution is -0.119. The van der Waals surface area contributed by atoms with Crippen LogP contribution in [0.2, 0.25) is 0 Å². The van der Waals surface area contributed by atoms with Crippen molar-refractivity contribution in [3.05, 3.63) is 59.2 Å². The van der Waals surface area contributed by atoms with E-state index in [1.165, 1.54) is 5.56 Å². The number of nitrogens with zero attached hydrogens (tertiary/aromatic N) is 2. The van der Waals surface area contributed by atoms with E-state index in [4.69, 9.17) is 0 Å². The first-order valence-corrected chi connectivity index (χ1v) is 12.4. The van der Waals surface area contributed by atoms with Crippen LogP contribution in [0.25, 0.3) is 0 Å². The quantitative estimate of drug-likeness (QED) is 0.752. The van der Waals surface area contributed by atoms with Crippen LogP contribution in [0.5, 0.6) is 0 Å². The van der Waals surface area contributed by atoms with Crippen LogP contribution in [-0.4, -0.2) is 38.3 Å². The highest BCUT2D eigenvalue weighted by Crippen LogP contribution is 2.44. The highest BCUT2D eigenvalue weighted by atomic mass is 32.2. The molecule has 0 bridgehead atoms. The topological polar surface area (TPSA) is 57.7 Å². The van der Waals surface area contributed by atoms with Gasteiger partial charge in [-0.15, -0.1) is 0 Å². The van der Waals surface area contributed by atoms with E-state index in [2.05, 4.69) is 24.3 Å². The number of hydrogen-bond acceptors (Lipinski definition) is 3. The first-order valence-electron chi connectivity index (χ1n) is 11.0. The lowest BCUT2D eigenvalue weighted by atomic mass is 9.91. The minimum Gasteiger partial charge on any atom is -0.311 e. The molecule has 158 valence electrons. The molecule has 5 nitrogen and oxygen atoms in total. The van der Waals surface area contributed by atoms with Crippen molar-refractivity contribution in [3.8, 4) is 0 Å². The predicted molar refractivity (Wildman–Crippen MR) is 117 cm³/mol. The number of hydrogen-bond donors (Lipinski definition) is 0. The van der Waals surface area contributed by atoms with Gasteiger partial charge >= 0.3 is 0 Å². The average molecular weight is 425 g/mol. The van der Waals surface area contributed by atoms with E-state index >= 15 is 0 Å². The zero-order chi connectivity index (χ0) is 20.9. The number of aryl methyl sites for hydroxylation is 1. The Labute approximate surface area is 178 Å². The Kier molecular flexibility index (Phi) is 4.94. The molecule has 0 N–H and O–H groups in total. The maximum absolute atomic E-state index is 13.4. The molecule has 0 saturated carbocycles. The summed E-state index contributed by atoms with van der Waals surface area (Å²) in [4.78, 5) is 14.8. The van der Waals surface area contributed by atoms with Gasteiger partial charge in [-0.05, 0) is 73.8 Å². The second-order valence-electron chi connectivity index (χ2n) is 8.87. The average Bonchev–Trinajstić information content (AvgIpc) is 3.01. The van der Waals surface area contributed by atoms with Crippen molar-refractivity contribution < 1.29 is 13.2 Å². The third-order valence-electron chi connectivity index (χ3n) is 6.97. The van der Waals surface area contributed by atoms with Gasteiger partial charge in [0.1, 0.15) is 0 Å². The van der Waals surface area contributed by atoms with E-state index in [1.807, 2.05) is 24.0 Å². The number of piperidine rings is 1. The highest BCUT2D eigenvalue weighted by Gasteiger charge is 2.39. The van der Waals surface area contributed by atoms with E-state index in [9.17, 15) is 13.2 Å². The van der Waals surface area contributed by atoms with Crippen LogP contribution in [0.1, 0.15) is 48.8 Å². The van der Waals surface area contributed by atoms with Gasteiger partial charge in [0.25, 0.3) is 0 Å². The summed E-state index contributed by atoms with van der Waals surface area (Å²) in [5, 5.41) is 0. The fourth-order valence-electron chi connectivity index (χ4n) is 5.26. The Hall–Kier alpha value is -2.18. The first-order chi connectivity index (χ1) is 14.4. The van der Waals surface area contributed by atoms with E-state index in [0.717, 1.165) is 55.5 Å². The maximum Gasteiger partial charge on any atom is 0.243 e. The summed E-state index contributed by atoms with van der Waals surface area (Å²) in [5.74, 6) is 0.358. The normalized spacial score (nSPS) is 22.4. The van der Waals surface area contributed by atoms with Gasteiger partial charge in [-0.1, -0.05) is 30.3 Å². The molecule has 0 aromatic heterocycles. The maximum atomic E-state index is 13.4. The van der Waals surface area contributed by atoms with Crippen LogP contribution in [0.4, 0.5) is 5.69 Å². The molecule has 0 unspecified atom stereocenters. The Morgan fingerprint density at radius 1 is 1.03 bits per heavy atom. The van der Waals surface area contributed by atoms with Crippen molar-refractivity contribution in [2.45, 2.75) is 49.8 Å². The second-order valence-corrected chi connectivity index (χ2v) is 10.8. The fourth-order valence-corrected chi connectivity index (χ4v) is 6.82. The van der Waals surface area contributed by atoms with Gasteiger partial charge in [0, 0.05) is 19.6 Å². The van der Waals surface area contributed by atoms with E-state index in [-0.39, 0.29) is 11.8 Å². The molecule has 2 aromatic rings. The lowest BCUT2D eigenvalue weighted by Crippen LogP contribution is -2.39. The molecule has 1 fully saturated rings. The molecule has 1 atom stereocenters.